The van der Waals surface area contributed by atoms with Crippen LogP contribution in [-0.4, -0.2) is 5.91 Å². The van der Waals surface area contributed by atoms with Gasteiger partial charge in [0.1, 0.15) is 0 Å². The molecule has 2 aromatic rings. The van der Waals surface area contributed by atoms with E-state index >= 15 is 0 Å². The average Bonchev–Trinajstić information content (AvgIpc) is 2.46. The van der Waals surface area contributed by atoms with Crippen LogP contribution in [0.1, 0.15) is 51.5 Å². The molecule has 0 aliphatic heterocycles. The molecule has 3 rings (SSSR count). The lowest BCUT2D eigenvalue weighted by atomic mass is 9.87. The van der Waals surface area contributed by atoms with Crippen molar-refractivity contribution < 1.29 is 4.79 Å². The number of hydrogen-bond donors (Lipinski definition) is 2. The summed E-state index contributed by atoms with van der Waals surface area (Å²) in [5, 5.41) is 3.19. The van der Waals surface area contributed by atoms with Crippen LogP contribution in [0.15, 0.2) is 36.4 Å². The number of nitrogen functional groups attached to an aromatic ring is 1. The third kappa shape index (κ3) is 2.98. The van der Waals surface area contributed by atoms with Gasteiger partial charge < -0.3 is 11.1 Å². The number of carbonyl (C=O) groups is 1. The van der Waals surface area contributed by atoms with E-state index in [1.165, 1.54) is 11.1 Å². The summed E-state index contributed by atoms with van der Waals surface area (Å²) < 4.78 is 0. The van der Waals surface area contributed by atoms with Crippen molar-refractivity contribution in [1.82, 2.24) is 5.32 Å². The number of rotatable bonds is 2. The zero-order valence-electron chi connectivity index (χ0n) is 13.1. The second-order valence-corrected chi connectivity index (χ2v) is 6.25. The van der Waals surface area contributed by atoms with Gasteiger partial charge in [-0.2, -0.15) is 0 Å². The predicted octanol–water partition coefficient (Wildman–Crippen LogP) is 3.69. The van der Waals surface area contributed by atoms with E-state index in [-0.39, 0.29) is 11.9 Å². The van der Waals surface area contributed by atoms with Gasteiger partial charge in [0.25, 0.3) is 5.91 Å². The Morgan fingerprint density at radius 2 is 1.86 bits per heavy atom. The van der Waals surface area contributed by atoms with Crippen LogP contribution in [0.5, 0.6) is 0 Å². The van der Waals surface area contributed by atoms with Gasteiger partial charge in [-0.15, -0.1) is 0 Å². The van der Waals surface area contributed by atoms with E-state index in [0.29, 0.717) is 0 Å². The maximum Gasteiger partial charge on any atom is 0.251 e. The molecule has 0 radical (unpaired) electrons. The molecule has 0 bridgehead atoms. The Kier molecular flexibility index (Phi) is 3.88. The molecule has 0 heterocycles. The lowest BCUT2D eigenvalue weighted by Gasteiger charge is -2.26. The molecule has 0 fully saturated rings. The Hall–Kier alpha value is -2.29. The van der Waals surface area contributed by atoms with Crippen molar-refractivity contribution in [3.63, 3.8) is 0 Å². The summed E-state index contributed by atoms with van der Waals surface area (Å²) in [7, 11) is 0. The smallest absolute Gasteiger partial charge is 0.251 e. The minimum atomic E-state index is 0.00137. The van der Waals surface area contributed by atoms with Gasteiger partial charge in [0.15, 0.2) is 0 Å². The molecule has 114 valence electrons. The van der Waals surface area contributed by atoms with Gasteiger partial charge in [0.05, 0.1) is 6.04 Å². The summed E-state index contributed by atoms with van der Waals surface area (Å²) in [6.07, 6.45) is 3.10. The zero-order chi connectivity index (χ0) is 15.7. The Morgan fingerprint density at radius 3 is 2.59 bits per heavy atom. The molecule has 0 aromatic heterocycles. The number of nitrogens with one attached hydrogen (secondary N) is 1. The van der Waals surface area contributed by atoms with Crippen molar-refractivity contribution in [2.45, 2.75) is 39.2 Å². The standard InChI is InChI=1S/C19H22N2O/c1-12-8-13(2)10-15(9-12)19(22)21-18-5-3-4-14-11-16(20)6-7-17(14)18/h6-11,18H,3-5,20H2,1-2H3,(H,21,22). The molecule has 3 N–H and O–H groups in total. The Morgan fingerprint density at radius 1 is 1.14 bits per heavy atom. The number of nitrogens with two attached hydrogens (primary N) is 1. The van der Waals surface area contributed by atoms with E-state index in [1.54, 1.807) is 0 Å². The number of amides is 1. The summed E-state index contributed by atoms with van der Waals surface area (Å²) >= 11 is 0. The van der Waals surface area contributed by atoms with E-state index in [4.69, 9.17) is 5.73 Å². The van der Waals surface area contributed by atoms with E-state index in [2.05, 4.69) is 17.4 Å². The molecule has 22 heavy (non-hydrogen) atoms. The lowest BCUT2D eigenvalue weighted by Crippen LogP contribution is -2.31. The first kappa shape index (κ1) is 14.6. The molecule has 1 atom stereocenters. The number of carbonyl (C=O) groups excluding carboxylic acids is 1. The highest BCUT2D eigenvalue weighted by Crippen LogP contribution is 2.31. The molecule has 3 heteroatoms. The molecule has 0 saturated carbocycles. The first-order chi connectivity index (χ1) is 10.5. The minimum absolute atomic E-state index is 0.00137. The van der Waals surface area contributed by atoms with Crippen molar-refractivity contribution in [1.29, 1.82) is 0 Å². The summed E-state index contributed by atoms with van der Waals surface area (Å²) in [5.74, 6) is 0.00137. The maximum atomic E-state index is 12.6. The maximum absolute atomic E-state index is 12.6. The number of benzene rings is 2. The van der Waals surface area contributed by atoms with Crippen LogP contribution in [0, 0.1) is 13.8 Å². The van der Waals surface area contributed by atoms with Gasteiger partial charge in [0.2, 0.25) is 0 Å². The molecular weight excluding hydrogens is 272 g/mol. The summed E-state index contributed by atoms with van der Waals surface area (Å²) in [6, 6.07) is 12.0. The predicted molar refractivity (Wildman–Crippen MR) is 89.9 cm³/mol. The third-order valence-corrected chi connectivity index (χ3v) is 4.27. The molecule has 1 unspecified atom stereocenters. The minimum Gasteiger partial charge on any atom is -0.399 e. The Bertz CT molecular complexity index is 701. The average molecular weight is 294 g/mol. The molecular formula is C19H22N2O. The number of aryl methyl sites for hydroxylation is 3. The summed E-state index contributed by atoms with van der Waals surface area (Å²) in [6.45, 7) is 4.03. The van der Waals surface area contributed by atoms with Gasteiger partial charge in [-0.3, -0.25) is 4.79 Å². The SMILES string of the molecule is Cc1cc(C)cc(C(=O)NC2CCCc3cc(N)ccc32)c1. The third-order valence-electron chi connectivity index (χ3n) is 4.27. The fraction of sp³-hybridized carbons (Fsp3) is 0.316. The van der Waals surface area contributed by atoms with Gasteiger partial charge in [0, 0.05) is 11.3 Å². The topological polar surface area (TPSA) is 55.1 Å². The normalized spacial score (nSPS) is 16.9. The molecule has 2 aromatic carbocycles. The largest absolute Gasteiger partial charge is 0.399 e. The molecule has 0 saturated heterocycles. The van der Waals surface area contributed by atoms with Crippen molar-refractivity contribution in [2.75, 3.05) is 5.73 Å². The van der Waals surface area contributed by atoms with Crippen LogP contribution < -0.4 is 11.1 Å². The fourth-order valence-corrected chi connectivity index (χ4v) is 3.33. The van der Waals surface area contributed by atoms with Crippen LogP contribution >= 0.6 is 0 Å². The molecule has 1 amide bonds. The fourth-order valence-electron chi connectivity index (χ4n) is 3.33. The van der Waals surface area contributed by atoms with Gasteiger partial charge >= 0.3 is 0 Å². The first-order valence-corrected chi connectivity index (χ1v) is 7.80. The van der Waals surface area contributed by atoms with Crippen LogP contribution in [0.2, 0.25) is 0 Å². The lowest BCUT2D eigenvalue weighted by molar-refractivity contribution is 0.0932. The molecule has 1 aliphatic rings. The molecule has 1 aliphatic carbocycles. The molecule has 0 spiro atoms. The number of fused-ring (bicyclic) bond motifs is 1. The first-order valence-electron chi connectivity index (χ1n) is 7.80. The number of anilines is 1. The van der Waals surface area contributed by atoms with E-state index in [9.17, 15) is 4.79 Å². The monoisotopic (exact) mass is 294 g/mol. The Labute approximate surface area is 131 Å². The van der Waals surface area contributed by atoms with Gasteiger partial charge in [-0.05, 0) is 68.5 Å². The zero-order valence-corrected chi connectivity index (χ0v) is 13.1. The van der Waals surface area contributed by atoms with Crippen LogP contribution in [0.25, 0.3) is 0 Å². The quantitative estimate of drug-likeness (QED) is 0.830. The van der Waals surface area contributed by atoms with Crippen molar-refractivity contribution in [2.24, 2.45) is 0 Å². The number of hydrogen-bond acceptors (Lipinski definition) is 2. The highest BCUT2D eigenvalue weighted by molar-refractivity contribution is 5.94. The van der Waals surface area contributed by atoms with Crippen molar-refractivity contribution in [3.8, 4) is 0 Å². The van der Waals surface area contributed by atoms with Crippen molar-refractivity contribution >= 4 is 11.6 Å². The van der Waals surface area contributed by atoms with E-state index in [0.717, 1.165) is 41.6 Å². The second-order valence-electron chi connectivity index (χ2n) is 6.25. The van der Waals surface area contributed by atoms with E-state index < -0.39 is 0 Å². The van der Waals surface area contributed by atoms with Crippen molar-refractivity contribution in [3.05, 3.63) is 64.2 Å². The highest BCUT2D eigenvalue weighted by atomic mass is 16.1. The van der Waals surface area contributed by atoms with Gasteiger partial charge in [-0.1, -0.05) is 23.3 Å². The van der Waals surface area contributed by atoms with Crippen LogP contribution in [0.4, 0.5) is 5.69 Å². The van der Waals surface area contributed by atoms with Crippen LogP contribution in [-0.2, 0) is 6.42 Å². The Balaban J connectivity index is 1.83. The summed E-state index contributed by atoms with van der Waals surface area (Å²) in [5.41, 5.74) is 12.1. The molecule has 3 nitrogen and oxygen atoms in total. The van der Waals surface area contributed by atoms with Gasteiger partial charge in [-0.25, -0.2) is 0 Å². The second kappa shape index (κ2) is 5.84. The van der Waals surface area contributed by atoms with Crippen LogP contribution in [0.3, 0.4) is 0 Å². The highest BCUT2D eigenvalue weighted by Gasteiger charge is 2.22. The van der Waals surface area contributed by atoms with E-state index in [1.807, 2.05) is 38.1 Å². The summed E-state index contributed by atoms with van der Waals surface area (Å²) in [4.78, 5) is 12.6.